The first kappa shape index (κ1) is 11.6. The third kappa shape index (κ3) is 2.03. The van der Waals surface area contributed by atoms with E-state index in [1.165, 1.54) is 10.9 Å². The first-order valence-electron chi connectivity index (χ1n) is 5.95. The van der Waals surface area contributed by atoms with Gasteiger partial charge in [-0.25, -0.2) is 4.79 Å². The number of aromatic carboxylic acids is 1. The Morgan fingerprint density at radius 2 is 1.82 bits per heavy atom. The molecule has 88 valence electrons. The zero-order valence-corrected chi connectivity index (χ0v) is 10.2. The summed E-state index contributed by atoms with van der Waals surface area (Å²) < 4.78 is 0. The van der Waals surface area contributed by atoms with Crippen LogP contribution in [-0.2, 0) is 12.8 Å². The monoisotopic (exact) mass is 228 g/mol. The molecule has 0 spiro atoms. The van der Waals surface area contributed by atoms with E-state index in [9.17, 15) is 4.79 Å². The number of hydrogen-bond donors (Lipinski definition) is 1. The van der Waals surface area contributed by atoms with Gasteiger partial charge >= 0.3 is 5.97 Å². The van der Waals surface area contributed by atoms with Crippen LogP contribution in [0.3, 0.4) is 0 Å². The summed E-state index contributed by atoms with van der Waals surface area (Å²) >= 11 is 0. The van der Waals surface area contributed by atoms with Crippen molar-refractivity contribution in [3.05, 3.63) is 47.0 Å². The molecule has 17 heavy (non-hydrogen) atoms. The lowest BCUT2D eigenvalue weighted by Gasteiger charge is -2.10. The van der Waals surface area contributed by atoms with E-state index in [-0.39, 0.29) is 0 Å². The molecule has 0 radical (unpaired) electrons. The number of carboxylic acids is 1. The second-order valence-corrected chi connectivity index (χ2v) is 4.16. The Bertz CT molecular complexity index is 570. The molecule has 2 rings (SSSR count). The van der Waals surface area contributed by atoms with E-state index >= 15 is 0 Å². The van der Waals surface area contributed by atoms with Crippen molar-refractivity contribution in [2.45, 2.75) is 26.7 Å². The third-order valence-electron chi connectivity index (χ3n) is 3.15. The normalized spacial score (nSPS) is 10.7. The van der Waals surface area contributed by atoms with Crippen molar-refractivity contribution in [3.8, 4) is 0 Å². The molecule has 2 aromatic carbocycles. The summed E-state index contributed by atoms with van der Waals surface area (Å²) in [7, 11) is 0. The van der Waals surface area contributed by atoms with Crippen LogP contribution in [0.1, 0.15) is 35.3 Å². The van der Waals surface area contributed by atoms with Gasteiger partial charge in [0.25, 0.3) is 0 Å². The molecule has 0 saturated heterocycles. The maximum Gasteiger partial charge on any atom is 0.335 e. The van der Waals surface area contributed by atoms with Crippen LogP contribution in [0.4, 0.5) is 0 Å². The average molecular weight is 228 g/mol. The largest absolute Gasteiger partial charge is 0.478 e. The predicted molar refractivity (Wildman–Crippen MR) is 69.7 cm³/mol. The van der Waals surface area contributed by atoms with E-state index < -0.39 is 5.97 Å². The minimum Gasteiger partial charge on any atom is -0.478 e. The molecule has 0 bridgehead atoms. The van der Waals surface area contributed by atoms with Gasteiger partial charge in [-0.05, 0) is 46.9 Å². The molecule has 0 aromatic heterocycles. The van der Waals surface area contributed by atoms with Gasteiger partial charge in [0.1, 0.15) is 0 Å². The molecule has 0 fully saturated rings. The summed E-state index contributed by atoms with van der Waals surface area (Å²) in [6.07, 6.45) is 1.82. The van der Waals surface area contributed by atoms with Crippen LogP contribution in [-0.4, -0.2) is 11.1 Å². The topological polar surface area (TPSA) is 37.3 Å². The van der Waals surface area contributed by atoms with Crippen molar-refractivity contribution in [1.82, 2.24) is 0 Å². The summed E-state index contributed by atoms with van der Waals surface area (Å²) in [5.74, 6) is -0.858. The molecule has 0 aliphatic carbocycles. The lowest BCUT2D eigenvalue weighted by molar-refractivity contribution is 0.0697. The molecular weight excluding hydrogens is 212 g/mol. The van der Waals surface area contributed by atoms with Crippen LogP contribution < -0.4 is 0 Å². The number of benzene rings is 2. The Morgan fingerprint density at radius 3 is 2.41 bits per heavy atom. The van der Waals surface area contributed by atoms with Gasteiger partial charge in [0.15, 0.2) is 0 Å². The van der Waals surface area contributed by atoms with E-state index in [1.807, 2.05) is 12.1 Å². The van der Waals surface area contributed by atoms with Crippen molar-refractivity contribution in [1.29, 1.82) is 0 Å². The molecule has 2 heteroatoms. The van der Waals surface area contributed by atoms with Crippen LogP contribution in [0.15, 0.2) is 30.3 Å². The first-order chi connectivity index (χ1) is 8.17. The molecule has 0 aliphatic heterocycles. The van der Waals surface area contributed by atoms with E-state index in [1.54, 1.807) is 12.1 Å². The Balaban J connectivity index is 2.81. The quantitative estimate of drug-likeness (QED) is 0.870. The number of carbonyl (C=O) groups is 1. The Hall–Kier alpha value is -1.83. The maximum absolute atomic E-state index is 11.1. The Labute approximate surface area is 101 Å². The predicted octanol–water partition coefficient (Wildman–Crippen LogP) is 3.66. The molecule has 2 nitrogen and oxygen atoms in total. The number of hydrogen-bond acceptors (Lipinski definition) is 1. The summed E-state index contributed by atoms with van der Waals surface area (Å²) in [5.41, 5.74) is 2.79. The van der Waals surface area contributed by atoms with Crippen LogP contribution in [0, 0.1) is 0 Å². The molecule has 1 N–H and O–H groups in total. The molecule has 0 saturated carbocycles. The SMILES string of the molecule is CCc1cccc2cc(C(=O)O)cc(CC)c12. The highest BCUT2D eigenvalue weighted by atomic mass is 16.4. The van der Waals surface area contributed by atoms with Gasteiger partial charge in [-0.3, -0.25) is 0 Å². The van der Waals surface area contributed by atoms with E-state index in [2.05, 4.69) is 19.9 Å². The molecule has 0 unspecified atom stereocenters. The molecule has 0 amide bonds. The van der Waals surface area contributed by atoms with Gasteiger partial charge in [0.05, 0.1) is 5.56 Å². The van der Waals surface area contributed by atoms with Crippen molar-refractivity contribution in [3.63, 3.8) is 0 Å². The highest BCUT2D eigenvalue weighted by molar-refractivity contribution is 5.97. The van der Waals surface area contributed by atoms with E-state index in [4.69, 9.17) is 5.11 Å². The molecule has 0 atom stereocenters. The van der Waals surface area contributed by atoms with Crippen molar-refractivity contribution in [2.75, 3.05) is 0 Å². The van der Waals surface area contributed by atoms with Gasteiger partial charge in [0, 0.05) is 0 Å². The number of carboxylic acid groups (broad SMARTS) is 1. The third-order valence-corrected chi connectivity index (χ3v) is 3.15. The summed E-state index contributed by atoms with van der Waals surface area (Å²) in [4.78, 5) is 11.1. The second-order valence-electron chi connectivity index (χ2n) is 4.16. The first-order valence-corrected chi connectivity index (χ1v) is 5.95. The fourth-order valence-corrected chi connectivity index (χ4v) is 2.30. The van der Waals surface area contributed by atoms with Crippen molar-refractivity contribution < 1.29 is 9.90 Å². The van der Waals surface area contributed by atoms with Crippen LogP contribution in [0.2, 0.25) is 0 Å². The van der Waals surface area contributed by atoms with Gasteiger partial charge in [0.2, 0.25) is 0 Å². The zero-order chi connectivity index (χ0) is 12.4. The number of aryl methyl sites for hydroxylation is 2. The van der Waals surface area contributed by atoms with Gasteiger partial charge in [-0.15, -0.1) is 0 Å². The van der Waals surface area contributed by atoms with E-state index in [0.717, 1.165) is 23.8 Å². The molecule has 0 heterocycles. The van der Waals surface area contributed by atoms with Crippen LogP contribution >= 0.6 is 0 Å². The van der Waals surface area contributed by atoms with Crippen LogP contribution in [0.25, 0.3) is 10.8 Å². The van der Waals surface area contributed by atoms with Gasteiger partial charge in [-0.1, -0.05) is 32.0 Å². The maximum atomic E-state index is 11.1. The summed E-state index contributed by atoms with van der Waals surface area (Å²) in [6, 6.07) is 9.65. The Kier molecular flexibility index (Phi) is 3.14. The minimum atomic E-state index is -0.858. The van der Waals surface area contributed by atoms with Gasteiger partial charge in [-0.2, -0.15) is 0 Å². The lowest BCUT2D eigenvalue weighted by atomic mass is 9.94. The summed E-state index contributed by atoms with van der Waals surface area (Å²) in [5, 5.41) is 11.3. The number of rotatable bonds is 3. The van der Waals surface area contributed by atoms with Crippen LogP contribution in [0.5, 0.6) is 0 Å². The lowest BCUT2D eigenvalue weighted by Crippen LogP contribution is -1.99. The van der Waals surface area contributed by atoms with Crippen molar-refractivity contribution in [2.24, 2.45) is 0 Å². The second kappa shape index (κ2) is 4.58. The average Bonchev–Trinajstić information content (AvgIpc) is 2.36. The highest BCUT2D eigenvalue weighted by Gasteiger charge is 2.10. The van der Waals surface area contributed by atoms with Crippen molar-refractivity contribution >= 4 is 16.7 Å². The standard InChI is InChI=1S/C15H16O2/c1-3-10-6-5-7-12-9-13(15(16)17)8-11(4-2)14(10)12/h5-9H,3-4H2,1-2H3,(H,16,17). The fraction of sp³-hybridized carbons (Fsp3) is 0.267. The fourth-order valence-electron chi connectivity index (χ4n) is 2.30. The smallest absolute Gasteiger partial charge is 0.335 e. The molecule has 2 aromatic rings. The Morgan fingerprint density at radius 1 is 1.12 bits per heavy atom. The molecule has 0 aliphatic rings. The zero-order valence-electron chi connectivity index (χ0n) is 10.2. The minimum absolute atomic E-state index is 0.377. The highest BCUT2D eigenvalue weighted by Crippen LogP contribution is 2.26. The van der Waals surface area contributed by atoms with Gasteiger partial charge < -0.3 is 5.11 Å². The van der Waals surface area contributed by atoms with E-state index in [0.29, 0.717) is 5.56 Å². The molecular formula is C15H16O2. The summed E-state index contributed by atoms with van der Waals surface area (Å²) in [6.45, 7) is 4.19. The number of fused-ring (bicyclic) bond motifs is 1.